The Morgan fingerprint density at radius 3 is 2.22 bits per heavy atom. The number of aliphatic hydroxyl groups excluding tert-OH is 1. The average Bonchev–Trinajstić information content (AvgIpc) is 2.28. The van der Waals surface area contributed by atoms with Gasteiger partial charge in [-0.15, -0.1) is 5.92 Å². The van der Waals surface area contributed by atoms with Crippen molar-refractivity contribution in [1.29, 1.82) is 0 Å². The third-order valence-electron chi connectivity index (χ3n) is 1.81. The maximum atomic E-state index is 9.19. The first kappa shape index (κ1) is 16.6. The number of aliphatic hydroxyl groups is 1. The van der Waals surface area contributed by atoms with E-state index in [9.17, 15) is 8.42 Å². The molecule has 1 aromatic carbocycles. The number of hydrogen-bond acceptors (Lipinski definition) is 3. The summed E-state index contributed by atoms with van der Waals surface area (Å²) in [7, 11) is -3.67. The molecule has 0 aliphatic heterocycles. The molecule has 0 aliphatic rings. The summed E-state index contributed by atoms with van der Waals surface area (Å²) in [6, 6.07) is 10.4. The summed E-state index contributed by atoms with van der Waals surface area (Å²) in [6.45, 7) is -0.0225. The van der Waals surface area contributed by atoms with E-state index in [0.717, 1.165) is 19.3 Å². The lowest BCUT2D eigenvalue weighted by molar-refractivity contribution is 0.350. The topological polar surface area (TPSA) is 74.6 Å². The van der Waals surface area contributed by atoms with Crippen molar-refractivity contribution in [3.63, 3.8) is 0 Å². The Labute approximate surface area is 108 Å². The van der Waals surface area contributed by atoms with Crippen LogP contribution in [0.5, 0.6) is 0 Å². The molecule has 100 valence electrons. The number of hydrogen-bond donors (Lipinski definition) is 2. The molecule has 0 saturated carbocycles. The maximum absolute atomic E-state index is 9.19. The van der Waals surface area contributed by atoms with Crippen LogP contribution in [0.3, 0.4) is 0 Å². The molecule has 0 bridgehead atoms. The average molecular weight is 270 g/mol. The van der Waals surface area contributed by atoms with E-state index in [-0.39, 0.29) is 6.61 Å². The molecule has 0 saturated heterocycles. The zero-order chi connectivity index (χ0) is 13.9. The quantitative estimate of drug-likeness (QED) is 0.496. The fourth-order valence-electron chi connectivity index (χ4n) is 1.17. The molecule has 0 spiro atoms. The van der Waals surface area contributed by atoms with Crippen LogP contribution in [0.4, 0.5) is 0 Å². The zero-order valence-electron chi connectivity index (χ0n) is 10.3. The van der Waals surface area contributed by atoms with Crippen molar-refractivity contribution in [2.45, 2.75) is 19.3 Å². The molecule has 0 aliphatic carbocycles. The van der Waals surface area contributed by atoms with E-state index in [1.807, 2.05) is 6.07 Å². The van der Waals surface area contributed by atoms with E-state index in [0.29, 0.717) is 6.26 Å². The lowest BCUT2D eigenvalue weighted by Crippen LogP contribution is -1.88. The van der Waals surface area contributed by atoms with Crippen LogP contribution in [0.25, 0.3) is 0 Å². The van der Waals surface area contributed by atoms with Gasteiger partial charge in [0.1, 0.15) is 6.61 Å². The monoisotopic (exact) mass is 270 g/mol. The molecule has 2 N–H and O–H groups in total. The summed E-state index contributed by atoms with van der Waals surface area (Å²) in [4.78, 5) is 0. The van der Waals surface area contributed by atoms with E-state index in [2.05, 4.69) is 36.1 Å². The SMILES string of the molecule is CS(=O)(=O)O.OCC#CCCCc1ccccc1. The predicted molar refractivity (Wildman–Crippen MR) is 71.7 cm³/mol. The minimum Gasteiger partial charge on any atom is -0.384 e. The van der Waals surface area contributed by atoms with Crippen LogP contribution >= 0.6 is 0 Å². The normalized spacial score (nSPS) is 9.72. The van der Waals surface area contributed by atoms with Crippen LogP contribution in [0.1, 0.15) is 18.4 Å². The Morgan fingerprint density at radius 2 is 1.72 bits per heavy atom. The van der Waals surface area contributed by atoms with E-state index < -0.39 is 10.1 Å². The molecule has 1 aromatic rings. The first-order chi connectivity index (χ1) is 8.43. The Morgan fingerprint density at radius 1 is 1.17 bits per heavy atom. The molecule has 0 amide bonds. The summed E-state index contributed by atoms with van der Waals surface area (Å²) in [6.07, 6.45) is 3.72. The summed E-state index contributed by atoms with van der Waals surface area (Å²) in [5.74, 6) is 5.55. The van der Waals surface area contributed by atoms with Gasteiger partial charge in [-0.2, -0.15) is 8.42 Å². The van der Waals surface area contributed by atoms with Gasteiger partial charge in [-0.1, -0.05) is 36.3 Å². The van der Waals surface area contributed by atoms with E-state index in [1.165, 1.54) is 5.56 Å². The minimum atomic E-state index is -3.67. The molecular weight excluding hydrogens is 252 g/mol. The van der Waals surface area contributed by atoms with E-state index in [4.69, 9.17) is 9.66 Å². The largest absolute Gasteiger partial charge is 0.384 e. The van der Waals surface area contributed by atoms with E-state index >= 15 is 0 Å². The summed E-state index contributed by atoms with van der Waals surface area (Å²) in [5, 5.41) is 8.41. The van der Waals surface area contributed by atoms with Gasteiger partial charge in [0.15, 0.2) is 0 Å². The van der Waals surface area contributed by atoms with Gasteiger partial charge >= 0.3 is 0 Å². The van der Waals surface area contributed by atoms with Gasteiger partial charge in [0, 0.05) is 6.42 Å². The molecule has 0 aromatic heterocycles. The summed E-state index contributed by atoms with van der Waals surface area (Å²) in [5.41, 5.74) is 1.35. The Balaban J connectivity index is 0.000000494. The highest BCUT2D eigenvalue weighted by Gasteiger charge is 1.89. The van der Waals surface area contributed by atoms with Crippen molar-refractivity contribution in [2.24, 2.45) is 0 Å². The van der Waals surface area contributed by atoms with Crippen molar-refractivity contribution in [2.75, 3.05) is 12.9 Å². The van der Waals surface area contributed by atoms with Crippen LogP contribution in [0.2, 0.25) is 0 Å². The number of aryl methyl sites for hydroxylation is 1. The summed E-state index contributed by atoms with van der Waals surface area (Å²) < 4.78 is 25.9. The van der Waals surface area contributed by atoms with Crippen LogP contribution in [-0.4, -0.2) is 30.9 Å². The predicted octanol–water partition coefficient (Wildman–Crippen LogP) is 1.51. The Kier molecular flexibility index (Phi) is 8.93. The van der Waals surface area contributed by atoms with Crippen LogP contribution in [-0.2, 0) is 16.5 Å². The smallest absolute Gasteiger partial charge is 0.261 e. The third-order valence-corrected chi connectivity index (χ3v) is 1.81. The standard InChI is InChI=1S/C12H14O.CH4O3S/c13-11-7-2-1-4-8-12-9-5-3-6-10-12;1-5(2,3)4/h3,5-6,9-10,13H,1,4,8,11H2;1H3,(H,2,3,4). The van der Waals surface area contributed by atoms with Gasteiger partial charge in [0.25, 0.3) is 10.1 Å². The van der Waals surface area contributed by atoms with Crippen molar-refractivity contribution >= 4 is 10.1 Å². The Bertz CT molecular complexity index is 461. The van der Waals surface area contributed by atoms with Gasteiger partial charge in [-0.3, -0.25) is 4.55 Å². The number of rotatable bonds is 3. The molecule has 0 atom stereocenters. The first-order valence-electron chi connectivity index (χ1n) is 5.46. The fourth-order valence-corrected chi connectivity index (χ4v) is 1.17. The highest BCUT2D eigenvalue weighted by molar-refractivity contribution is 7.85. The van der Waals surface area contributed by atoms with Crippen molar-refractivity contribution < 1.29 is 18.1 Å². The van der Waals surface area contributed by atoms with Gasteiger partial charge in [-0.25, -0.2) is 0 Å². The lowest BCUT2D eigenvalue weighted by atomic mass is 10.1. The second-order valence-corrected chi connectivity index (χ2v) is 5.05. The van der Waals surface area contributed by atoms with Crippen molar-refractivity contribution in [3.05, 3.63) is 35.9 Å². The Hall–Kier alpha value is -1.35. The second kappa shape index (κ2) is 9.66. The first-order valence-corrected chi connectivity index (χ1v) is 7.31. The van der Waals surface area contributed by atoms with E-state index in [1.54, 1.807) is 0 Å². The molecule has 0 unspecified atom stereocenters. The van der Waals surface area contributed by atoms with Crippen LogP contribution in [0, 0.1) is 11.8 Å². The maximum Gasteiger partial charge on any atom is 0.261 e. The third kappa shape index (κ3) is 14.6. The van der Waals surface area contributed by atoms with Gasteiger partial charge in [-0.05, 0) is 18.4 Å². The van der Waals surface area contributed by atoms with Crippen LogP contribution < -0.4 is 0 Å². The van der Waals surface area contributed by atoms with Gasteiger partial charge < -0.3 is 5.11 Å². The molecule has 0 radical (unpaired) electrons. The molecule has 0 heterocycles. The van der Waals surface area contributed by atoms with Gasteiger partial charge in [0.05, 0.1) is 6.26 Å². The zero-order valence-corrected chi connectivity index (χ0v) is 11.2. The molecule has 18 heavy (non-hydrogen) atoms. The van der Waals surface area contributed by atoms with Gasteiger partial charge in [0.2, 0.25) is 0 Å². The lowest BCUT2D eigenvalue weighted by Gasteiger charge is -1.96. The molecular formula is C13H18O4S. The molecule has 1 rings (SSSR count). The van der Waals surface area contributed by atoms with Crippen molar-refractivity contribution in [3.8, 4) is 11.8 Å². The van der Waals surface area contributed by atoms with Crippen LogP contribution in [0.15, 0.2) is 30.3 Å². The number of benzene rings is 1. The summed E-state index contributed by atoms with van der Waals surface area (Å²) >= 11 is 0. The second-order valence-electron chi connectivity index (χ2n) is 3.58. The molecule has 5 heteroatoms. The fraction of sp³-hybridized carbons (Fsp3) is 0.385. The molecule has 4 nitrogen and oxygen atoms in total. The highest BCUT2D eigenvalue weighted by Crippen LogP contribution is 2.03. The number of unbranched alkanes of at least 4 members (excludes halogenated alkanes) is 1. The van der Waals surface area contributed by atoms with Crippen molar-refractivity contribution in [1.82, 2.24) is 0 Å². The highest BCUT2D eigenvalue weighted by atomic mass is 32.2. The minimum absolute atomic E-state index is 0.0225. The molecule has 0 fully saturated rings.